The molecule has 0 bridgehead atoms. The summed E-state index contributed by atoms with van der Waals surface area (Å²) in [5.41, 5.74) is 4.46. The van der Waals surface area contributed by atoms with Crippen molar-refractivity contribution in [3.05, 3.63) is 11.1 Å². The van der Waals surface area contributed by atoms with Crippen molar-refractivity contribution in [2.45, 2.75) is 118 Å². The number of carbonyl (C=O) groups is 1. The largest absolute Gasteiger partial charge is 0.481 e. The zero-order chi connectivity index (χ0) is 23.3. The van der Waals surface area contributed by atoms with Crippen LogP contribution in [0.2, 0.25) is 0 Å². The molecule has 0 aromatic carbocycles. The van der Waals surface area contributed by atoms with E-state index in [1.807, 2.05) is 11.1 Å². The van der Waals surface area contributed by atoms with Gasteiger partial charge in [-0.25, -0.2) is 0 Å². The van der Waals surface area contributed by atoms with Gasteiger partial charge in [0.1, 0.15) is 0 Å². The van der Waals surface area contributed by atoms with E-state index in [-0.39, 0.29) is 6.10 Å². The van der Waals surface area contributed by atoms with E-state index in [2.05, 4.69) is 34.6 Å². The van der Waals surface area contributed by atoms with Gasteiger partial charge in [0.25, 0.3) is 0 Å². The van der Waals surface area contributed by atoms with Crippen LogP contribution in [0.25, 0.3) is 0 Å². The first-order valence-electron chi connectivity index (χ1n) is 13.7. The standard InChI is InChI=1S/C29H48O3/c1-18(17-27(31)32)7-6-8-19(2)22-11-12-24-21-9-10-23-20(3)26(30)14-16-29(23,5)25(21)13-15-28(22,24)4/h18-20,22-24,26,30H,6-17H2,1-5H3,(H,31,32)/t18?,19-,20-,22-,23+,24+,26+,28-,29+/m1/s1. The molecule has 0 aromatic heterocycles. The molecule has 9 atom stereocenters. The second kappa shape index (κ2) is 9.08. The average Bonchev–Trinajstić information content (AvgIpc) is 3.08. The summed E-state index contributed by atoms with van der Waals surface area (Å²) in [7, 11) is 0. The van der Waals surface area contributed by atoms with Gasteiger partial charge in [0, 0.05) is 6.42 Å². The van der Waals surface area contributed by atoms with Gasteiger partial charge < -0.3 is 10.2 Å². The molecule has 0 aromatic rings. The number of hydrogen-bond acceptors (Lipinski definition) is 2. The highest BCUT2D eigenvalue weighted by atomic mass is 16.4. The lowest BCUT2D eigenvalue weighted by Gasteiger charge is -2.56. The third-order valence-corrected chi connectivity index (χ3v) is 11.1. The van der Waals surface area contributed by atoms with Crippen LogP contribution in [0.3, 0.4) is 0 Å². The zero-order valence-corrected chi connectivity index (χ0v) is 21.3. The summed E-state index contributed by atoms with van der Waals surface area (Å²) in [6.07, 6.45) is 13.8. The maximum Gasteiger partial charge on any atom is 0.303 e. The van der Waals surface area contributed by atoms with Gasteiger partial charge in [-0.3, -0.25) is 4.79 Å². The van der Waals surface area contributed by atoms with Gasteiger partial charge in [-0.1, -0.05) is 65.0 Å². The fourth-order valence-corrected chi connectivity index (χ4v) is 9.27. The number of carboxylic acid groups (broad SMARTS) is 1. The number of fused-ring (bicyclic) bond motifs is 4. The third-order valence-electron chi connectivity index (χ3n) is 11.1. The minimum Gasteiger partial charge on any atom is -0.481 e. The highest BCUT2D eigenvalue weighted by Gasteiger charge is 2.56. The molecule has 0 heterocycles. The quantitative estimate of drug-likeness (QED) is 0.407. The van der Waals surface area contributed by atoms with Gasteiger partial charge in [-0.15, -0.1) is 0 Å². The molecular formula is C29H48O3. The molecule has 1 unspecified atom stereocenters. The molecule has 2 N–H and O–H groups in total. The van der Waals surface area contributed by atoms with Crippen LogP contribution in [0.5, 0.6) is 0 Å². The van der Waals surface area contributed by atoms with Crippen LogP contribution >= 0.6 is 0 Å². The Balaban J connectivity index is 1.45. The SMILES string of the molecule is CC(CCC[C@@H](C)[C@H]1CC[C@H]2C3=C(CC[C@]12C)[C@@]1(C)CC[C@H](O)[C@H](C)[C@@H]1CC3)CC(=O)O. The fourth-order valence-electron chi connectivity index (χ4n) is 9.27. The fraction of sp³-hybridized carbons (Fsp3) is 0.897. The number of rotatable bonds is 7. The Kier molecular flexibility index (Phi) is 6.90. The summed E-state index contributed by atoms with van der Waals surface area (Å²) in [6, 6.07) is 0. The Labute approximate surface area is 196 Å². The van der Waals surface area contributed by atoms with Crippen molar-refractivity contribution in [1.29, 1.82) is 0 Å². The van der Waals surface area contributed by atoms with Crippen molar-refractivity contribution in [3.63, 3.8) is 0 Å². The lowest BCUT2D eigenvalue weighted by atomic mass is 9.49. The van der Waals surface area contributed by atoms with E-state index in [0.29, 0.717) is 35.0 Å². The van der Waals surface area contributed by atoms with Crippen LogP contribution in [0.15, 0.2) is 11.1 Å². The predicted molar refractivity (Wildman–Crippen MR) is 130 cm³/mol. The summed E-state index contributed by atoms with van der Waals surface area (Å²) < 4.78 is 0. The topological polar surface area (TPSA) is 57.5 Å². The monoisotopic (exact) mass is 444 g/mol. The van der Waals surface area contributed by atoms with Crippen molar-refractivity contribution < 1.29 is 15.0 Å². The van der Waals surface area contributed by atoms with Crippen LogP contribution in [0, 0.1) is 46.3 Å². The molecule has 0 spiro atoms. The van der Waals surface area contributed by atoms with E-state index >= 15 is 0 Å². The van der Waals surface area contributed by atoms with Gasteiger partial charge in [0.2, 0.25) is 0 Å². The first kappa shape index (κ1) is 24.3. The Bertz CT molecular complexity index is 741. The normalized spacial score (nSPS) is 43.2. The number of aliphatic carboxylic acids is 1. The second-order valence-corrected chi connectivity index (χ2v) is 12.9. The van der Waals surface area contributed by atoms with Crippen molar-refractivity contribution in [3.8, 4) is 0 Å². The molecule has 4 aliphatic rings. The summed E-state index contributed by atoms with van der Waals surface area (Å²) in [6.45, 7) is 12.0. The molecule has 182 valence electrons. The van der Waals surface area contributed by atoms with Crippen molar-refractivity contribution in [1.82, 2.24) is 0 Å². The number of aliphatic hydroxyl groups is 1. The molecular weight excluding hydrogens is 396 g/mol. The molecule has 32 heavy (non-hydrogen) atoms. The lowest BCUT2D eigenvalue weighted by molar-refractivity contribution is -0.138. The minimum absolute atomic E-state index is 0.0981. The molecule has 3 nitrogen and oxygen atoms in total. The molecule has 4 aliphatic carbocycles. The number of allylic oxidation sites excluding steroid dienone is 2. The second-order valence-electron chi connectivity index (χ2n) is 12.9. The summed E-state index contributed by atoms with van der Waals surface area (Å²) in [4.78, 5) is 11.0. The van der Waals surface area contributed by atoms with Crippen LogP contribution in [-0.4, -0.2) is 22.3 Å². The van der Waals surface area contributed by atoms with Gasteiger partial charge in [0.05, 0.1) is 6.10 Å². The lowest BCUT2D eigenvalue weighted by Crippen LogP contribution is -2.49. The van der Waals surface area contributed by atoms with Crippen molar-refractivity contribution in [2.75, 3.05) is 0 Å². The molecule has 0 saturated heterocycles. The number of carboxylic acids is 1. The number of hydrogen-bond donors (Lipinski definition) is 2. The van der Waals surface area contributed by atoms with Gasteiger partial charge >= 0.3 is 5.97 Å². The van der Waals surface area contributed by atoms with Crippen LogP contribution < -0.4 is 0 Å². The molecule has 0 amide bonds. The third kappa shape index (κ3) is 4.10. The van der Waals surface area contributed by atoms with E-state index in [1.165, 1.54) is 57.8 Å². The zero-order valence-electron chi connectivity index (χ0n) is 21.3. The maximum atomic E-state index is 11.0. The predicted octanol–water partition coefficient (Wildman–Crippen LogP) is 7.23. The van der Waals surface area contributed by atoms with Gasteiger partial charge in [-0.2, -0.15) is 0 Å². The van der Waals surface area contributed by atoms with E-state index in [0.717, 1.165) is 30.6 Å². The van der Waals surface area contributed by atoms with Crippen LogP contribution in [-0.2, 0) is 4.79 Å². The molecule has 4 rings (SSSR count). The summed E-state index contributed by atoms with van der Waals surface area (Å²) >= 11 is 0. The smallest absolute Gasteiger partial charge is 0.303 e. The van der Waals surface area contributed by atoms with Crippen molar-refractivity contribution in [2.24, 2.45) is 46.3 Å². The van der Waals surface area contributed by atoms with Gasteiger partial charge in [-0.05, 0) is 97.7 Å². The Morgan fingerprint density at radius 2 is 1.81 bits per heavy atom. The molecule has 2 fully saturated rings. The molecule has 3 heteroatoms. The van der Waals surface area contributed by atoms with E-state index in [1.54, 1.807) is 0 Å². The van der Waals surface area contributed by atoms with Crippen LogP contribution in [0.1, 0.15) is 112 Å². The highest BCUT2D eigenvalue weighted by molar-refractivity contribution is 5.66. The molecule has 2 saturated carbocycles. The Morgan fingerprint density at radius 3 is 2.53 bits per heavy atom. The van der Waals surface area contributed by atoms with Crippen LogP contribution in [0.4, 0.5) is 0 Å². The molecule has 0 radical (unpaired) electrons. The van der Waals surface area contributed by atoms with E-state index < -0.39 is 5.97 Å². The maximum absolute atomic E-state index is 11.0. The van der Waals surface area contributed by atoms with Crippen molar-refractivity contribution >= 4 is 5.97 Å². The Morgan fingerprint density at radius 1 is 1.06 bits per heavy atom. The molecule has 0 aliphatic heterocycles. The minimum atomic E-state index is -0.659. The summed E-state index contributed by atoms with van der Waals surface area (Å²) in [5, 5.41) is 19.5. The summed E-state index contributed by atoms with van der Waals surface area (Å²) in [5.74, 6) is 3.07. The van der Waals surface area contributed by atoms with Gasteiger partial charge in [0.15, 0.2) is 0 Å². The average molecular weight is 445 g/mol. The Hall–Kier alpha value is -0.830. The first-order valence-corrected chi connectivity index (χ1v) is 13.7. The highest BCUT2D eigenvalue weighted by Crippen LogP contribution is 2.66. The van der Waals surface area contributed by atoms with E-state index in [9.17, 15) is 9.90 Å². The number of aliphatic hydroxyl groups excluding tert-OH is 1. The first-order chi connectivity index (χ1) is 15.1. The van der Waals surface area contributed by atoms with E-state index in [4.69, 9.17) is 5.11 Å².